The maximum absolute atomic E-state index is 6.22. The SMILES string of the molecule is COc1ccc(NCc2c(Cl)c(C)nn2C)c(C)c1. The molecule has 0 unspecified atom stereocenters. The van der Waals surface area contributed by atoms with Crippen LogP contribution in [0.4, 0.5) is 5.69 Å². The first-order chi connectivity index (χ1) is 9.02. The molecule has 4 nitrogen and oxygen atoms in total. The van der Waals surface area contributed by atoms with E-state index in [0.29, 0.717) is 6.54 Å². The highest BCUT2D eigenvalue weighted by Gasteiger charge is 2.11. The lowest BCUT2D eigenvalue weighted by atomic mass is 10.2. The molecule has 0 radical (unpaired) electrons. The molecule has 1 aromatic carbocycles. The summed E-state index contributed by atoms with van der Waals surface area (Å²) < 4.78 is 7.00. The third-order valence-corrected chi connectivity index (χ3v) is 3.63. The fraction of sp³-hybridized carbons (Fsp3) is 0.357. The maximum atomic E-state index is 6.22. The van der Waals surface area contributed by atoms with E-state index in [0.717, 1.165) is 33.4 Å². The molecule has 0 aliphatic heterocycles. The zero-order valence-electron chi connectivity index (χ0n) is 11.6. The second-order valence-electron chi connectivity index (χ2n) is 4.50. The summed E-state index contributed by atoms with van der Waals surface area (Å²) in [6, 6.07) is 5.94. The van der Waals surface area contributed by atoms with E-state index in [9.17, 15) is 0 Å². The standard InChI is InChI=1S/C14H18ClN3O/c1-9-7-11(19-4)5-6-12(9)16-8-13-14(15)10(2)17-18(13)3/h5-7,16H,8H2,1-4H3. The van der Waals surface area contributed by atoms with E-state index in [2.05, 4.69) is 10.4 Å². The molecule has 1 heterocycles. The molecule has 1 N–H and O–H groups in total. The van der Waals surface area contributed by atoms with Crippen LogP contribution in [0.2, 0.25) is 5.02 Å². The first kappa shape index (κ1) is 13.7. The first-order valence-electron chi connectivity index (χ1n) is 6.09. The molecule has 1 aromatic heterocycles. The van der Waals surface area contributed by atoms with Gasteiger partial charge in [0.15, 0.2) is 0 Å². The van der Waals surface area contributed by atoms with Gasteiger partial charge in [-0.3, -0.25) is 4.68 Å². The van der Waals surface area contributed by atoms with Crippen molar-refractivity contribution in [2.75, 3.05) is 12.4 Å². The molecule has 102 valence electrons. The maximum Gasteiger partial charge on any atom is 0.119 e. The number of hydrogen-bond donors (Lipinski definition) is 1. The van der Waals surface area contributed by atoms with E-state index < -0.39 is 0 Å². The zero-order chi connectivity index (χ0) is 14.0. The van der Waals surface area contributed by atoms with Crippen LogP contribution in [0.5, 0.6) is 5.75 Å². The van der Waals surface area contributed by atoms with Crippen LogP contribution in [0, 0.1) is 13.8 Å². The van der Waals surface area contributed by atoms with E-state index in [-0.39, 0.29) is 0 Å². The summed E-state index contributed by atoms with van der Waals surface area (Å²) in [6.07, 6.45) is 0. The second kappa shape index (κ2) is 5.53. The van der Waals surface area contributed by atoms with Crippen LogP contribution in [0.15, 0.2) is 18.2 Å². The number of ether oxygens (including phenoxy) is 1. The number of benzene rings is 1. The highest BCUT2D eigenvalue weighted by molar-refractivity contribution is 6.31. The zero-order valence-corrected chi connectivity index (χ0v) is 12.4. The Bertz CT molecular complexity index is 593. The van der Waals surface area contributed by atoms with Gasteiger partial charge in [0, 0.05) is 12.7 Å². The molecule has 0 saturated heterocycles. The quantitative estimate of drug-likeness (QED) is 0.933. The lowest BCUT2D eigenvalue weighted by Gasteiger charge is -2.11. The van der Waals surface area contributed by atoms with Crippen LogP contribution in [0.3, 0.4) is 0 Å². The van der Waals surface area contributed by atoms with Crippen LogP contribution in [0.1, 0.15) is 17.0 Å². The fourth-order valence-corrected chi connectivity index (χ4v) is 2.24. The number of hydrogen-bond acceptors (Lipinski definition) is 3. The molecule has 0 aliphatic rings. The molecule has 2 aromatic rings. The monoisotopic (exact) mass is 279 g/mol. The molecule has 0 fully saturated rings. The van der Waals surface area contributed by atoms with Gasteiger partial charge in [-0.15, -0.1) is 0 Å². The predicted molar refractivity (Wildman–Crippen MR) is 78.0 cm³/mol. The Hall–Kier alpha value is -1.68. The molecular weight excluding hydrogens is 262 g/mol. The largest absolute Gasteiger partial charge is 0.497 e. The summed E-state index contributed by atoms with van der Waals surface area (Å²) in [5.74, 6) is 0.859. The molecule has 5 heteroatoms. The molecule has 0 spiro atoms. The molecule has 2 rings (SSSR count). The van der Waals surface area contributed by atoms with Gasteiger partial charge in [0.2, 0.25) is 0 Å². The number of nitrogens with one attached hydrogen (secondary N) is 1. The Morgan fingerprint density at radius 1 is 1.37 bits per heavy atom. The average Bonchev–Trinajstić information content (AvgIpc) is 2.62. The van der Waals surface area contributed by atoms with Crippen molar-refractivity contribution in [3.63, 3.8) is 0 Å². The van der Waals surface area contributed by atoms with E-state index in [4.69, 9.17) is 16.3 Å². The van der Waals surface area contributed by atoms with Gasteiger partial charge >= 0.3 is 0 Å². The number of nitrogens with zero attached hydrogens (tertiary/aromatic N) is 2. The Morgan fingerprint density at radius 3 is 2.63 bits per heavy atom. The van der Waals surface area contributed by atoms with Crippen LogP contribution in [0.25, 0.3) is 0 Å². The topological polar surface area (TPSA) is 39.1 Å². The van der Waals surface area contributed by atoms with Gasteiger partial charge in [-0.1, -0.05) is 11.6 Å². The Labute approximate surface area is 118 Å². The molecule has 0 amide bonds. The Kier molecular flexibility index (Phi) is 4.00. The molecular formula is C14H18ClN3O. The number of aryl methyl sites for hydroxylation is 3. The summed E-state index contributed by atoms with van der Waals surface area (Å²) in [4.78, 5) is 0. The smallest absolute Gasteiger partial charge is 0.119 e. The van der Waals surface area contributed by atoms with Crippen molar-refractivity contribution in [2.45, 2.75) is 20.4 Å². The number of aromatic nitrogens is 2. The highest BCUT2D eigenvalue weighted by atomic mass is 35.5. The second-order valence-corrected chi connectivity index (χ2v) is 4.88. The predicted octanol–water partition coefficient (Wildman–Crippen LogP) is 3.31. The van der Waals surface area contributed by atoms with E-state index in [1.807, 2.05) is 43.8 Å². The first-order valence-corrected chi connectivity index (χ1v) is 6.47. The van der Waals surface area contributed by atoms with Crippen LogP contribution in [-0.2, 0) is 13.6 Å². The van der Waals surface area contributed by atoms with Gasteiger partial charge in [0.25, 0.3) is 0 Å². The van der Waals surface area contributed by atoms with Gasteiger partial charge < -0.3 is 10.1 Å². The average molecular weight is 280 g/mol. The lowest BCUT2D eigenvalue weighted by Crippen LogP contribution is -2.06. The Balaban J connectivity index is 2.14. The minimum atomic E-state index is 0.642. The van der Waals surface area contributed by atoms with E-state index >= 15 is 0 Å². The van der Waals surface area contributed by atoms with Crippen molar-refractivity contribution in [3.05, 3.63) is 40.2 Å². The van der Waals surface area contributed by atoms with Crippen molar-refractivity contribution in [3.8, 4) is 5.75 Å². The van der Waals surface area contributed by atoms with Crippen molar-refractivity contribution in [1.82, 2.24) is 9.78 Å². The minimum Gasteiger partial charge on any atom is -0.497 e. The van der Waals surface area contributed by atoms with Gasteiger partial charge in [-0.2, -0.15) is 5.10 Å². The van der Waals surface area contributed by atoms with Crippen LogP contribution >= 0.6 is 11.6 Å². The number of rotatable bonds is 4. The fourth-order valence-electron chi connectivity index (χ4n) is 2.01. The van der Waals surface area contributed by atoms with E-state index in [1.54, 1.807) is 7.11 Å². The number of halogens is 1. The summed E-state index contributed by atoms with van der Waals surface area (Å²) >= 11 is 6.22. The minimum absolute atomic E-state index is 0.642. The summed E-state index contributed by atoms with van der Waals surface area (Å²) in [6.45, 7) is 4.59. The summed E-state index contributed by atoms with van der Waals surface area (Å²) in [5.41, 5.74) is 4.03. The van der Waals surface area contributed by atoms with E-state index in [1.165, 1.54) is 0 Å². The summed E-state index contributed by atoms with van der Waals surface area (Å²) in [7, 11) is 3.57. The van der Waals surface area contributed by atoms with Crippen molar-refractivity contribution in [1.29, 1.82) is 0 Å². The van der Waals surface area contributed by atoms with Crippen LogP contribution < -0.4 is 10.1 Å². The van der Waals surface area contributed by atoms with Gasteiger partial charge in [0.05, 0.1) is 30.1 Å². The van der Waals surface area contributed by atoms with Crippen molar-refractivity contribution < 1.29 is 4.74 Å². The van der Waals surface area contributed by atoms with Crippen molar-refractivity contribution >= 4 is 17.3 Å². The van der Waals surface area contributed by atoms with Gasteiger partial charge in [0.1, 0.15) is 5.75 Å². The molecule has 0 saturated carbocycles. The molecule has 0 aliphatic carbocycles. The lowest BCUT2D eigenvalue weighted by molar-refractivity contribution is 0.414. The van der Waals surface area contributed by atoms with Crippen LogP contribution in [-0.4, -0.2) is 16.9 Å². The van der Waals surface area contributed by atoms with Gasteiger partial charge in [-0.05, 0) is 37.6 Å². The third kappa shape index (κ3) is 2.84. The molecule has 0 bridgehead atoms. The van der Waals surface area contributed by atoms with Gasteiger partial charge in [-0.25, -0.2) is 0 Å². The third-order valence-electron chi connectivity index (χ3n) is 3.14. The van der Waals surface area contributed by atoms with Crippen molar-refractivity contribution in [2.24, 2.45) is 7.05 Å². The Morgan fingerprint density at radius 2 is 2.11 bits per heavy atom. The number of methoxy groups -OCH3 is 1. The normalized spacial score (nSPS) is 10.6. The molecule has 19 heavy (non-hydrogen) atoms. The highest BCUT2D eigenvalue weighted by Crippen LogP contribution is 2.24. The number of anilines is 1. The summed E-state index contributed by atoms with van der Waals surface area (Å²) in [5, 5.41) is 8.40. The molecule has 0 atom stereocenters.